The van der Waals surface area contributed by atoms with Gasteiger partial charge in [0, 0.05) is 6.54 Å². The van der Waals surface area contributed by atoms with Crippen molar-refractivity contribution in [3.63, 3.8) is 0 Å². The van der Waals surface area contributed by atoms with Crippen LogP contribution < -0.4 is 10.6 Å². The van der Waals surface area contributed by atoms with Crippen LogP contribution >= 0.6 is 0 Å². The fraction of sp³-hybridized carbons (Fsp3) is 0.429. The van der Waals surface area contributed by atoms with Gasteiger partial charge in [-0.1, -0.05) is 19.1 Å². The standard InChI is InChI=1S/C14H19N3O/c1-4-8-16-14(18)11(3)17-13-7-5-6-10(2)12(13)9-15/h5-7,11,17H,4,8H2,1-3H3,(H,16,18). The lowest BCUT2D eigenvalue weighted by Gasteiger charge is -2.16. The van der Waals surface area contributed by atoms with Crippen LogP contribution in [0.3, 0.4) is 0 Å². The van der Waals surface area contributed by atoms with Crippen LogP contribution in [0.25, 0.3) is 0 Å². The topological polar surface area (TPSA) is 64.9 Å². The third-order valence-electron chi connectivity index (χ3n) is 2.70. The first kappa shape index (κ1) is 14.0. The van der Waals surface area contributed by atoms with E-state index in [2.05, 4.69) is 16.7 Å². The largest absolute Gasteiger partial charge is 0.373 e. The number of aryl methyl sites for hydroxylation is 1. The van der Waals surface area contributed by atoms with Crippen molar-refractivity contribution in [3.8, 4) is 6.07 Å². The molecule has 0 aliphatic carbocycles. The predicted octanol–water partition coefficient (Wildman–Crippen LogP) is 2.19. The Morgan fingerprint density at radius 2 is 2.22 bits per heavy atom. The molecule has 0 aliphatic rings. The quantitative estimate of drug-likeness (QED) is 0.835. The van der Waals surface area contributed by atoms with Gasteiger partial charge in [-0.3, -0.25) is 4.79 Å². The smallest absolute Gasteiger partial charge is 0.242 e. The summed E-state index contributed by atoms with van der Waals surface area (Å²) in [7, 11) is 0. The summed E-state index contributed by atoms with van der Waals surface area (Å²) in [6, 6.07) is 7.37. The molecule has 0 saturated carbocycles. The Kier molecular flexibility index (Phi) is 5.19. The van der Waals surface area contributed by atoms with Crippen LogP contribution in [0.2, 0.25) is 0 Å². The van der Waals surface area contributed by atoms with Crippen molar-refractivity contribution in [3.05, 3.63) is 29.3 Å². The maximum Gasteiger partial charge on any atom is 0.242 e. The van der Waals surface area contributed by atoms with Crippen molar-refractivity contribution in [2.45, 2.75) is 33.2 Å². The zero-order valence-electron chi connectivity index (χ0n) is 11.1. The number of amides is 1. The molecule has 0 aromatic heterocycles. The van der Waals surface area contributed by atoms with E-state index in [1.54, 1.807) is 6.92 Å². The number of hydrogen-bond acceptors (Lipinski definition) is 3. The molecule has 0 saturated heterocycles. The Hall–Kier alpha value is -2.02. The maximum atomic E-state index is 11.7. The molecule has 0 aliphatic heterocycles. The second-order valence-corrected chi connectivity index (χ2v) is 4.27. The van der Waals surface area contributed by atoms with Crippen LogP contribution in [0.1, 0.15) is 31.4 Å². The number of nitrogens with zero attached hydrogens (tertiary/aromatic N) is 1. The van der Waals surface area contributed by atoms with Gasteiger partial charge in [0.15, 0.2) is 0 Å². The number of nitrogens with one attached hydrogen (secondary N) is 2. The summed E-state index contributed by atoms with van der Waals surface area (Å²) in [6.45, 7) is 6.34. The first-order chi connectivity index (χ1) is 8.60. The van der Waals surface area contributed by atoms with Crippen molar-refractivity contribution in [2.24, 2.45) is 0 Å². The summed E-state index contributed by atoms with van der Waals surface area (Å²) in [6.07, 6.45) is 0.909. The van der Waals surface area contributed by atoms with Gasteiger partial charge in [-0.25, -0.2) is 0 Å². The fourth-order valence-electron chi connectivity index (χ4n) is 1.64. The molecule has 96 valence electrons. The van der Waals surface area contributed by atoms with Crippen molar-refractivity contribution >= 4 is 11.6 Å². The zero-order valence-corrected chi connectivity index (χ0v) is 11.1. The van der Waals surface area contributed by atoms with E-state index in [0.717, 1.165) is 12.0 Å². The van der Waals surface area contributed by atoms with Gasteiger partial charge in [-0.2, -0.15) is 5.26 Å². The van der Waals surface area contributed by atoms with E-state index < -0.39 is 0 Å². The normalized spacial score (nSPS) is 11.4. The number of benzene rings is 1. The molecule has 4 heteroatoms. The fourth-order valence-corrected chi connectivity index (χ4v) is 1.64. The molecule has 1 unspecified atom stereocenters. The highest BCUT2D eigenvalue weighted by molar-refractivity contribution is 5.84. The van der Waals surface area contributed by atoms with Crippen molar-refractivity contribution in [2.75, 3.05) is 11.9 Å². The molecule has 1 atom stereocenters. The summed E-state index contributed by atoms with van der Waals surface area (Å²) < 4.78 is 0. The van der Waals surface area contributed by atoms with Gasteiger partial charge in [0.25, 0.3) is 0 Å². The molecule has 1 aromatic rings. The molecular weight excluding hydrogens is 226 g/mol. The van der Waals surface area contributed by atoms with Crippen LogP contribution in [0, 0.1) is 18.3 Å². The molecule has 18 heavy (non-hydrogen) atoms. The molecule has 0 bridgehead atoms. The SMILES string of the molecule is CCCNC(=O)C(C)Nc1cccc(C)c1C#N. The van der Waals surface area contributed by atoms with Crippen LogP contribution in [0.15, 0.2) is 18.2 Å². The van der Waals surface area contributed by atoms with Crippen LogP contribution in [0.4, 0.5) is 5.69 Å². The molecule has 0 fully saturated rings. The highest BCUT2D eigenvalue weighted by Crippen LogP contribution is 2.19. The lowest BCUT2D eigenvalue weighted by Crippen LogP contribution is -2.38. The lowest BCUT2D eigenvalue weighted by atomic mass is 10.1. The van der Waals surface area contributed by atoms with E-state index in [1.165, 1.54) is 0 Å². The molecule has 2 N–H and O–H groups in total. The predicted molar refractivity (Wildman–Crippen MR) is 72.3 cm³/mol. The van der Waals surface area contributed by atoms with Crippen LogP contribution in [0.5, 0.6) is 0 Å². The van der Waals surface area contributed by atoms with Gasteiger partial charge in [0.1, 0.15) is 12.1 Å². The number of nitriles is 1. The Balaban J connectivity index is 2.76. The number of rotatable bonds is 5. The van der Waals surface area contributed by atoms with Gasteiger partial charge >= 0.3 is 0 Å². The Morgan fingerprint density at radius 1 is 1.50 bits per heavy atom. The highest BCUT2D eigenvalue weighted by Gasteiger charge is 2.14. The summed E-state index contributed by atoms with van der Waals surface area (Å²) in [5.74, 6) is -0.0535. The molecule has 0 heterocycles. The molecular formula is C14H19N3O. The lowest BCUT2D eigenvalue weighted by molar-refractivity contribution is -0.121. The minimum atomic E-state index is -0.356. The number of carbonyl (C=O) groups is 1. The molecule has 4 nitrogen and oxygen atoms in total. The van der Waals surface area contributed by atoms with E-state index in [0.29, 0.717) is 17.8 Å². The first-order valence-electron chi connectivity index (χ1n) is 6.14. The van der Waals surface area contributed by atoms with E-state index in [9.17, 15) is 4.79 Å². The van der Waals surface area contributed by atoms with Crippen molar-refractivity contribution < 1.29 is 4.79 Å². The van der Waals surface area contributed by atoms with E-state index in [1.807, 2.05) is 32.0 Å². The minimum absolute atomic E-state index is 0.0535. The monoisotopic (exact) mass is 245 g/mol. The van der Waals surface area contributed by atoms with E-state index in [4.69, 9.17) is 5.26 Å². The summed E-state index contributed by atoms with van der Waals surface area (Å²) in [5.41, 5.74) is 2.20. The molecule has 1 aromatic carbocycles. The summed E-state index contributed by atoms with van der Waals surface area (Å²) in [4.78, 5) is 11.7. The van der Waals surface area contributed by atoms with Gasteiger partial charge < -0.3 is 10.6 Å². The average Bonchev–Trinajstić information content (AvgIpc) is 2.36. The maximum absolute atomic E-state index is 11.7. The van der Waals surface area contributed by atoms with Gasteiger partial charge in [0.05, 0.1) is 11.3 Å². The number of carbonyl (C=O) groups excluding carboxylic acids is 1. The van der Waals surface area contributed by atoms with Crippen LogP contribution in [-0.4, -0.2) is 18.5 Å². The summed E-state index contributed by atoms with van der Waals surface area (Å²) in [5, 5.41) is 15.0. The van der Waals surface area contributed by atoms with Crippen LogP contribution in [-0.2, 0) is 4.79 Å². The third kappa shape index (κ3) is 3.49. The molecule has 0 radical (unpaired) electrons. The molecule has 1 amide bonds. The second kappa shape index (κ2) is 6.65. The number of hydrogen-bond donors (Lipinski definition) is 2. The highest BCUT2D eigenvalue weighted by atomic mass is 16.2. The molecule has 1 rings (SSSR count). The Labute approximate surface area is 108 Å². The van der Waals surface area contributed by atoms with E-state index >= 15 is 0 Å². The number of anilines is 1. The van der Waals surface area contributed by atoms with E-state index in [-0.39, 0.29) is 11.9 Å². The van der Waals surface area contributed by atoms with Gasteiger partial charge in [-0.05, 0) is 31.9 Å². The Bertz CT molecular complexity index is 463. The minimum Gasteiger partial charge on any atom is -0.373 e. The third-order valence-corrected chi connectivity index (χ3v) is 2.70. The molecule has 0 spiro atoms. The average molecular weight is 245 g/mol. The summed E-state index contributed by atoms with van der Waals surface area (Å²) >= 11 is 0. The zero-order chi connectivity index (χ0) is 13.5. The van der Waals surface area contributed by atoms with Gasteiger partial charge in [-0.15, -0.1) is 0 Å². The van der Waals surface area contributed by atoms with Crippen molar-refractivity contribution in [1.82, 2.24) is 5.32 Å². The Morgan fingerprint density at radius 3 is 2.83 bits per heavy atom. The van der Waals surface area contributed by atoms with Crippen molar-refractivity contribution in [1.29, 1.82) is 5.26 Å². The first-order valence-corrected chi connectivity index (χ1v) is 6.14. The van der Waals surface area contributed by atoms with Gasteiger partial charge in [0.2, 0.25) is 5.91 Å². The second-order valence-electron chi connectivity index (χ2n) is 4.27.